The van der Waals surface area contributed by atoms with E-state index in [9.17, 15) is 13.2 Å². The molecule has 2 heterocycles. The van der Waals surface area contributed by atoms with Gasteiger partial charge in [0.2, 0.25) is 15.9 Å². The normalized spacial score (nSPS) is 37.4. The maximum absolute atomic E-state index is 11.7. The maximum atomic E-state index is 11.7. The molecular weight excluding hydrogens is 256 g/mol. The molecule has 1 aliphatic carbocycles. The first-order valence-corrected chi connectivity index (χ1v) is 8.04. The van der Waals surface area contributed by atoms with Crippen LogP contribution < -0.4 is 5.32 Å². The van der Waals surface area contributed by atoms with Gasteiger partial charge in [0.05, 0.1) is 19.0 Å². The molecule has 7 heteroatoms. The summed E-state index contributed by atoms with van der Waals surface area (Å²) in [7, 11) is -3.08. The van der Waals surface area contributed by atoms with Gasteiger partial charge >= 0.3 is 0 Å². The lowest BCUT2D eigenvalue weighted by molar-refractivity contribution is -0.121. The van der Waals surface area contributed by atoms with Gasteiger partial charge in [-0.1, -0.05) is 0 Å². The number of amides is 1. The number of sulfonamides is 1. The molecule has 0 spiro atoms. The minimum absolute atomic E-state index is 0.0449. The van der Waals surface area contributed by atoms with E-state index in [0.29, 0.717) is 31.3 Å². The third-order valence-electron chi connectivity index (χ3n) is 4.07. The molecule has 3 aliphatic rings. The number of carbonyl (C=O) groups is 1. The first-order chi connectivity index (χ1) is 8.58. The number of ether oxygens (including phenoxy) is 1. The standard InChI is InChI=1S/C11H18N2O4S/c14-10(12-11-8-6-17-7-9(8)11)2-4-13-3-1-5-18(13,15)16/h8-9,11H,1-7H2,(H,12,14)/t8-,9+,11?. The number of carbonyl (C=O) groups excluding carboxylic acids is 1. The summed E-state index contributed by atoms with van der Waals surface area (Å²) < 4.78 is 29.8. The van der Waals surface area contributed by atoms with Crippen LogP contribution in [0.25, 0.3) is 0 Å². The highest BCUT2D eigenvalue weighted by Gasteiger charge is 2.54. The zero-order valence-electron chi connectivity index (χ0n) is 10.2. The zero-order valence-corrected chi connectivity index (χ0v) is 11.0. The van der Waals surface area contributed by atoms with Crippen molar-refractivity contribution in [3.8, 4) is 0 Å². The Morgan fingerprint density at radius 2 is 2.06 bits per heavy atom. The summed E-state index contributed by atoms with van der Waals surface area (Å²) in [6, 6.07) is 0.265. The fourth-order valence-corrected chi connectivity index (χ4v) is 4.41. The van der Waals surface area contributed by atoms with Crippen LogP contribution >= 0.6 is 0 Å². The first-order valence-electron chi connectivity index (χ1n) is 6.43. The maximum Gasteiger partial charge on any atom is 0.221 e. The Labute approximate surface area is 107 Å². The Hall–Kier alpha value is -0.660. The van der Waals surface area contributed by atoms with Crippen molar-refractivity contribution in [2.75, 3.05) is 32.1 Å². The van der Waals surface area contributed by atoms with Gasteiger partial charge in [-0.3, -0.25) is 4.79 Å². The second-order valence-electron chi connectivity index (χ2n) is 5.28. The third kappa shape index (κ3) is 2.26. The van der Waals surface area contributed by atoms with E-state index in [4.69, 9.17) is 4.74 Å². The molecule has 0 bridgehead atoms. The van der Waals surface area contributed by atoms with Gasteiger partial charge in [0.15, 0.2) is 0 Å². The molecule has 102 valence electrons. The predicted molar refractivity (Wildman–Crippen MR) is 64.3 cm³/mol. The van der Waals surface area contributed by atoms with E-state index in [1.54, 1.807) is 0 Å². The molecule has 1 unspecified atom stereocenters. The molecule has 6 nitrogen and oxygen atoms in total. The van der Waals surface area contributed by atoms with E-state index >= 15 is 0 Å². The highest BCUT2D eigenvalue weighted by Crippen LogP contribution is 2.44. The summed E-state index contributed by atoms with van der Waals surface area (Å²) in [5.41, 5.74) is 0. The van der Waals surface area contributed by atoms with E-state index in [1.165, 1.54) is 4.31 Å². The molecule has 3 rings (SSSR count). The number of nitrogens with one attached hydrogen (secondary N) is 1. The highest BCUT2D eigenvalue weighted by atomic mass is 32.2. The SMILES string of the molecule is O=C(CCN1CCCS1(=O)=O)NC1[C@H]2COC[C@@H]12. The van der Waals surface area contributed by atoms with Crippen molar-refractivity contribution in [2.45, 2.75) is 18.9 Å². The van der Waals surface area contributed by atoms with Crippen LogP contribution in [0.5, 0.6) is 0 Å². The molecule has 3 fully saturated rings. The fourth-order valence-electron chi connectivity index (χ4n) is 2.88. The zero-order chi connectivity index (χ0) is 12.8. The monoisotopic (exact) mass is 274 g/mol. The molecule has 3 atom stereocenters. The Balaban J connectivity index is 1.42. The van der Waals surface area contributed by atoms with Crippen molar-refractivity contribution in [2.24, 2.45) is 11.8 Å². The second kappa shape index (κ2) is 4.47. The van der Waals surface area contributed by atoms with Crippen LogP contribution in [-0.4, -0.2) is 56.7 Å². The Bertz CT molecular complexity index is 440. The van der Waals surface area contributed by atoms with Crippen molar-refractivity contribution in [3.63, 3.8) is 0 Å². The quantitative estimate of drug-likeness (QED) is 0.726. The van der Waals surface area contributed by atoms with E-state index in [0.717, 1.165) is 13.2 Å². The predicted octanol–water partition coefficient (Wildman–Crippen LogP) is -0.827. The summed E-state index contributed by atoms with van der Waals surface area (Å²) in [4.78, 5) is 11.7. The number of hydrogen-bond donors (Lipinski definition) is 1. The molecule has 1 amide bonds. The van der Waals surface area contributed by atoms with Gasteiger partial charge in [-0.2, -0.15) is 0 Å². The van der Waals surface area contributed by atoms with Crippen LogP contribution in [0, 0.1) is 11.8 Å². The molecule has 1 saturated carbocycles. The lowest BCUT2D eigenvalue weighted by Crippen LogP contribution is -2.34. The first kappa shape index (κ1) is 12.4. The summed E-state index contributed by atoms with van der Waals surface area (Å²) in [6.45, 7) is 2.36. The summed E-state index contributed by atoms with van der Waals surface area (Å²) in [5.74, 6) is 1.16. The molecule has 0 aromatic carbocycles. The van der Waals surface area contributed by atoms with Gasteiger partial charge in [-0.15, -0.1) is 0 Å². The summed E-state index contributed by atoms with van der Waals surface area (Å²) in [5, 5.41) is 2.97. The fraction of sp³-hybridized carbons (Fsp3) is 0.909. The number of fused-ring (bicyclic) bond motifs is 1. The van der Waals surface area contributed by atoms with Gasteiger partial charge in [-0.25, -0.2) is 12.7 Å². The molecule has 0 radical (unpaired) electrons. The number of nitrogens with zero attached hydrogens (tertiary/aromatic N) is 1. The Morgan fingerprint density at radius 3 is 2.67 bits per heavy atom. The van der Waals surface area contributed by atoms with Gasteiger partial charge < -0.3 is 10.1 Å². The van der Waals surface area contributed by atoms with Gasteiger partial charge in [-0.05, 0) is 6.42 Å². The van der Waals surface area contributed by atoms with Crippen LogP contribution in [0.2, 0.25) is 0 Å². The van der Waals surface area contributed by atoms with Gasteiger partial charge in [0, 0.05) is 37.4 Å². The molecule has 1 N–H and O–H groups in total. The van der Waals surface area contributed by atoms with Crippen molar-refractivity contribution < 1.29 is 17.9 Å². The number of hydrogen-bond acceptors (Lipinski definition) is 4. The van der Waals surface area contributed by atoms with E-state index < -0.39 is 10.0 Å². The second-order valence-corrected chi connectivity index (χ2v) is 7.37. The van der Waals surface area contributed by atoms with Crippen molar-refractivity contribution >= 4 is 15.9 Å². The van der Waals surface area contributed by atoms with Crippen LogP contribution in [0.15, 0.2) is 0 Å². The lowest BCUT2D eigenvalue weighted by atomic mass is 10.3. The van der Waals surface area contributed by atoms with Crippen LogP contribution in [0.1, 0.15) is 12.8 Å². The summed E-state index contributed by atoms with van der Waals surface area (Å²) in [6.07, 6.45) is 0.935. The average molecular weight is 274 g/mol. The molecule has 0 aromatic rings. The van der Waals surface area contributed by atoms with E-state index in [-0.39, 0.29) is 24.1 Å². The lowest BCUT2D eigenvalue weighted by Gasteiger charge is -2.14. The molecule has 18 heavy (non-hydrogen) atoms. The van der Waals surface area contributed by atoms with E-state index in [1.807, 2.05) is 0 Å². The van der Waals surface area contributed by atoms with Gasteiger partial charge in [0.1, 0.15) is 0 Å². The third-order valence-corrected chi connectivity index (χ3v) is 6.03. The van der Waals surface area contributed by atoms with Crippen LogP contribution in [-0.2, 0) is 19.6 Å². The molecule has 0 aromatic heterocycles. The van der Waals surface area contributed by atoms with Crippen molar-refractivity contribution in [1.29, 1.82) is 0 Å². The van der Waals surface area contributed by atoms with Crippen LogP contribution in [0.3, 0.4) is 0 Å². The largest absolute Gasteiger partial charge is 0.381 e. The van der Waals surface area contributed by atoms with E-state index in [2.05, 4.69) is 5.32 Å². The van der Waals surface area contributed by atoms with Crippen molar-refractivity contribution in [1.82, 2.24) is 9.62 Å². The molecular formula is C11H18N2O4S. The highest BCUT2D eigenvalue weighted by molar-refractivity contribution is 7.89. The Morgan fingerprint density at radius 1 is 1.33 bits per heavy atom. The Kier molecular flexibility index (Phi) is 3.07. The number of rotatable bonds is 4. The topological polar surface area (TPSA) is 75.7 Å². The van der Waals surface area contributed by atoms with Crippen LogP contribution in [0.4, 0.5) is 0 Å². The molecule has 2 aliphatic heterocycles. The minimum Gasteiger partial charge on any atom is -0.381 e. The minimum atomic E-state index is -3.08. The van der Waals surface area contributed by atoms with Gasteiger partial charge in [0.25, 0.3) is 0 Å². The average Bonchev–Trinajstić information content (AvgIpc) is 2.68. The molecule has 2 saturated heterocycles. The summed E-state index contributed by atoms with van der Waals surface area (Å²) >= 11 is 0. The smallest absolute Gasteiger partial charge is 0.221 e. The van der Waals surface area contributed by atoms with Crippen molar-refractivity contribution in [3.05, 3.63) is 0 Å².